The van der Waals surface area contributed by atoms with Crippen LogP contribution >= 0.6 is 0 Å². The number of halogens is 2. The van der Waals surface area contributed by atoms with Crippen LogP contribution in [0, 0.1) is 0 Å². The van der Waals surface area contributed by atoms with E-state index in [0.717, 1.165) is 0 Å². The van der Waals surface area contributed by atoms with Crippen LogP contribution in [0.1, 0.15) is 32.8 Å². The first-order valence-electron chi connectivity index (χ1n) is 9.46. The highest BCUT2D eigenvalue weighted by atomic mass is 19.3. The van der Waals surface area contributed by atoms with E-state index in [1.54, 1.807) is 33.9 Å². The lowest BCUT2D eigenvalue weighted by atomic mass is 10.1. The number of nitrogens with zero attached hydrogens (tertiary/aromatic N) is 1. The minimum atomic E-state index is -2.96. The highest BCUT2D eigenvalue weighted by molar-refractivity contribution is 5.79. The molecule has 0 fully saturated rings. The van der Waals surface area contributed by atoms with Gasteiger partial charge in [0, 0.05) is 38.3 Å². The fraction of sp³-hybridized carbons (Fsp3) is 0.579. The summed E-state index contributed by atoms with van der Waals surface area (Å²) in [6.07, 6.45) is 0.156. The van der Waals surface area contributed by atoms with Gasteiger partial charge in [0.15, 0.2) is 17.5 Å². The van der Waals surface area contributed by atoms with Gasteiger partial charge in [-0.2, -0.15) is 8.78 Å². The Bertz CT molecular complexity index is 753. The molecule has 0 bridgehead atoms. The zero-order valence-electron chi connectivity index (χ0n) is 17.5. The Morgan fingerprint density at radius 1 is 1.17 bits per heavy atom. The lowest BCUT2D eigenvalue weighted by Gasteiger charge is -2.19. The van der Waals surface area contributed by atoms with E-state index in [4.69, 9.17) is 14.2 Å². The van der Waals surface area contributed by atoms with E-state index in [9.17, 15) is 13.6 Å². The predicted molar refractivity (Wildman–Crippen MR) is 106 cm³/mol. The number of rotatable bonds is 8. The van der Waals surface area contributed by atoms with E-state index in [0.29, 0.717) is 42.5 Å². The van der Waals surface area contributed by atoms with Gasteiger partial charge in [-0.1, -0.05) is 0 Å². The first kappa shape index (κ1) is 23.3. The lowest BCUT2D eigenvalue weighted by molar-refractivity contribution is -0.0505. The molecular weight excluding hydrogens is 402 g/mol. The van der Waals surface area contributed by atoms with Crippen LogP contribution in [0.5, 0.6) is 17.2 Å². The molecular formula is C19H28F2N4O5. The van der Waals surface area contributed by atoms with Crippen molar-refractivity contribution >= 4 is 12.1 Å². The topological polar surface area (TPSA) is 102 Å². The Balaban J connectivity index is 1.80. The van der Waals surface area contributed by atoms with Gasteiger partial charge >= 0.3 is 12.7 Å². The second kappa shape index (κ2) is 10.7. The van der Waals surface area contributed by atoms with Crippen molar-refractivity contribution in [3.8, 4) is 17.2 Å². The fourth-order valence-corrected chi connectivity index (χ4v) is 2.51. The van der Waals surface area contributed by atoms with Crippen LogP contribution in [0.15, 0.2) is 17.1 Å². The first-order valence-corrected chi connectivity index (χ1v) is 9.46. The third-order valence-corrected chi connectivity index (χ3v) is 3.76. The number of alkyl carbamates (subject to hydrolysis) is 1. The number of guanidine groups is 1. The van der Waals surface area contributed by atoms with Crippen LogP contribution in [0.25, 0.3) is 0 Å². The maximum Gasteiger partial charge on any atom is 0.407 e. The molecule has 1 aliphatic rings. The molecule has 1 amide bonds. The third-order valence-electron chi connectivity index (χ3n) is 3.76. The minimum absolute atomic E-state index is 0.00114. The van der Waals surface area contributed by atoms with E-state index >= 15 is 0 Å². The fourth-order valence-electron chi connectivity index (χ4n) is 2.51. The molecule has 0 aromatic heterocycles. The van der Waals surface area contributed by atoms with Gasteiger partial charge in [0.1, 0.15) is 11.4 Å². The van der Waals surface area contributed by atoms with Gasteiger partial charge in [-0.25, -0.2) is 4.79 Å². The summed E-state index contributed by atoms with van der Waals surface area (Å²) in [4.78, 5) is 15.7. The molecule has 1 aliphatic heterocycles. The number of nitrogens with one attached hydrogen (secondary N) is 3. The number of aliphatic imine (C=N–C) groups is 1. The van der Waals surface area contributed by atoms with Crippen LogP contribution in [0.2, 0.25) is 0 Å². The summed E-state index contributed by atoms with van der Waals surface area (Å²) in [5, 5.41) is 8.77. The molecule has 0 radical (unpaired) electrons. The molecule has 0 aliphatic carbocycles. The maximum absolute atomic E-state index is 12.7. The minimum Gasteiger partial charge on any atom is -0.454 e. The van der Waals surface area contributed by atoms with Crippen LogP contribution in [-0.2, 0) is 11.3 Å². The van der Waals surface area contributed by atoms with Crippen molar-refractivity contribution in [3.05, 3.63) is 17.7 Å². The van der Waals surface area contributed by atoms with E-state index < -0.39 is 18.3 Å². The summed E-state index contributed by atoms with van der Waals surface area (Å²) in [6.45, 7) is 3.57. The monoisotopic (exact) mass is 430 g/mol. The number of carbonyl (C=O) groups excluding carboxylic acids is 1. The average Bonchev–Trinajstić information content (AvgIpc) is 3.09. The van der Waals surface area contributed by atoms with E-state index in [2.05, 4.69) is 25.7 Å². The van der Waals surface area contributed by atoms with E-state index in [1.807, 2.05) is 0 Å². The number of alkyl halides is 2. The van der Waals surface area contributed by atoms with Crippen molar-refractivity contribution in [1.29, 1.82) is 0 Å². The zero-order valence-corrected chi connectivity index (χ0v) is 17.5. The molecule has 3 N–H and O–H groups in total. The maximum atomic E-state index is 12.7. The van der Waals surface area contributed by atoms with Crippen molar-refractivity contribution in [2.45, 2.75) is 45.9 Å². The van der Waals surface area contributed by atoms with Crippen molar-refractivity contribution in [3.63, 3.8) is 0 Å². The quantitative estimate of drug-likeness (QED) is 0.331. The molecule has 168 valence electrons. The van der Waals surface area contributed by atoms with E-state index in [-0.39, 0.29) is 19.1 Å². The van der Waals surface area contributed by atoms with Gasteiger partial charge in [0.25, 0.3) is 0 Å². The van der Waals surface area contributed by atoms with Gasteiger partial charge in [-0.15, -0.1) is 0 Å². The number of hydrogen-bond donors (Lipinski definition) is 3. The molecule has 2 rings (SSSR count). The standard InChI is InChI=1S/C19H28F2N4O5/c1-19(2,3)30-18(26)24-7-5-6-23-17(22-4)25-10-12-8-14-15(28-11-27-14)9-13(12)29-16(20)21/h8-9,16H,5-7,10-11H2,1-4H3,(H,24,26)(H2,22,23,25). The average molecular weight is 430 g/mol. The van der Waals surface area contributed by atoms with Crippen molar-refractivity contribution in [2.24, 2.45) is 4.99 Å². The molecule has 1 aromatic rings. The molecule has 9 nitrogen and oxygen atoms in total. The summed E-state index contributed by atoms with van der Waals surface area (Å²) in [6, 6.07) is 2.97. The molecule has 0 atom stereocenters. The molecule has 0 saturated heterocycles. The molecule has 0 saturated carbocycles. The first-order chi connectivity index (χ1) is 14.2. The predicted octanol–water partition coefficient (Wildman–Crippen LogP) is 2.60. The molecule has 0 spiro atoms. The Kier molecular flexibility index (Phi) is 8.31. The summed E-state index contributed by atoms with van der Waals surface area (Å²) in [5.41, 5.74) is -0.0790. The number of benzene rings is 1. The Hall–Kier alpha value is -2.98. The van der Waals surface area contributed by atoms with Crippen LogP contribution in [-0.4, -0.2) is 51.2 Å². The highest BCUT2D eigenvalue weighted by Crippen LogP contribution is 2.38. The normalized spacial score (nSPS) is 13.2. The highest BCUT2D eigenvalue weighted by Gasteiger charge is 2.20. The number of fused-ring (bicyclic) bond motifs is 1. The lowest BCUT2D eigenvalue weighted by Crippen LogP contribution is -2.39. The van der Waals surface area contributed by atoms with Crippen molar-refractivity contribution < 1.29 is 32.5 Å². The summed E-state index contributed by atoms with van der Waals surface area (Å²) in [7, 11) is 1.59. The van der Waals surface area contributed by atoms with Crippen molar-refractivity contribution in [1.82, 2.24) is 16.0 Å². The van der Waals surface area contributed by atoms with Crippen LogP contribution in [0.3, 0.4) is 0 Å². The van der Waals surface area contributed by atoms with Crippen molar-refractivity contribution in [2.75, 3.05) is 26.9 Å². The Labute approximate surface area is 174 Å². The van der Waals surface area contributed by atoms with Gasteiger partial charge in [-0.3, -0.25) is 4.99 Å². The van der Waals surface area contributed by atoms with E-state index in [1.165, 1.54) is 6.07 Å². The number of hydrogen-bond acceptors (Lipinski definition) is 6. The Morgan fingerprint density at radius 2 is 1.83 bits per heavy atom. The molecule has 1 aromatic carbocycles. The van der Waals surface area contributed by atoms with Crippen LogP contribution in [0.4, 0.5) is 13.6 Å². The molecule has 30 heavy (non-hydrogen) atoms. The number of carbonyl (C=O) groups is 1. The van der Waals surface area contributed by atoms with Gasteiger partial charge < -0.3 is 34.9 Å². The SMILES string of the molecule is CN=C(NCCCNC(=O)OC(C)(C)C)NCc1cc2c(cc1OC(F)F)OCO2. The molecule has 0 unspecified atom stereocenters. The summed E-state index contributed by atoms with van der Waals surface area (Å²) in [5.74, 6) is 1.28. The number of amides is 1. The Morgan fingerprint density at radius 3 is 2.47 bits per heavy atom. The molecule has 11 heteroatoms. The zero-order chi connectivity index (χ0) is 22.1. The van der Waals surface area contributed by atoms with Gasteiger partial charge in [0.05, 0.1) is 0 Å². The van der Waals surface area contributed by atoms with Gasteiger partial charge in [0.2, 0.25) is 6.79 Å². The third kappa shape index (κ3) is 7.80. The molecule has 1 heterocycles. The summed E-state index contributed by atoms with van der Waals surface area (Å²) < 4.78 is 45.7. The number of ether oxygens (including phenoxy) is 4. The smallest absolute Gasteiger partial charge is 0.407 e. The largest absolute Gasteiger partial charge is 0.454 e. The summed E-state index contributed by atoms with van der Waals surface area (Å²) >= 11 is 0. The second-order valence-corrected chi connectivity index (χ2v) is 7.33. The van der Waals surface area contributed by atoms with Gasteiger partial charge in [-0.05, 0) is 33.3 Å². The van der Waals surface area contributed by atoms with Crippen LogP contribution < -0.4 is 30.2 Å². The second-order valence-electron chi connectivity index (χ2n) is 7.33.